The second kappa shape index (κ2) is 6.93. The molecule has 2 rings (SSSR count). The van der Waals surface area contributed by atoms with Crippen LogP contribution < -0.4 is 0 Å². The zero-order valence-electron chi connectivity index (χ0n) is 10.4. The van der Waals surface area contributed by atoms with Crippen LogP contribution in [0.5, 0.6) is 0 Å². The van der Waals surface area contributed by atoms with Gasteiger partial charge in [-0.05, 0) is 18.6 Å². The molecule has 0 amide bonds. The van der Waals surface area contributed by atoms with Crippen molar-refractivity contribution in [3.63, 3.8) is 0 Å². The highest BCUT2D eigenvalue weighted by Gasteiger charge is 2.22. The second-order valence-corrected chi connectivity index (χ2v) is 5.93. The third-order valence-electron chi connectivity index (χ3n) is 2.79. The average Bonchev–Trinajstić information content (AvgIpc) is 2.85. The van der Waals surface area contributed by atoms with Crippen molar-refractivity contribution in [3.8, 4) is 0 Å². The molecule has 0 spiro atoms. The molecule has 0 saturated carbocycles. The van der Waals surface area contributed by atoms with Crippen LogP contribution in [-0.2, 0) is 11.3 Å². The molecule has 0 bridgehead atoms. The monoisotopic (exact) mass is 300 g/mol. The highest BCUT2D eigenvalue weighted by molar-refractivity contribution is 8.22. The summed E-state index contributed by atoms with van der Waals surface area (Å²) >= 11 is 6.94. The van der Waals surface area contributed by atoms with Gasteiger partial charge in [-0.3, -0.25) is 9.69 Å². The van der Waals surface area contributed by atoms with Gasteiger partial charge in [-0.25, -0.2) is 0 Å². The van der Waals surface area contributed by atoms with Gasteiger partial charge in [0.15, 0.2) is 0 Å². The lowest BCUT2D eigenvalue weighted by Crippen LogP contribution is -2.44. The first-order valence-electron chi connectivity index (χ1n) is 6.03. The molecule has 1 aliphatic rings. The van der Waals surface area contributed by atoms with Gasteiger partial charge in [-0.15, -0.1) is 0 Å². The van der Waals surface area contributed by atoms with Crippen LogP contribution in [0.15, 0.2) is 22.8 Å². The lowest BCUT2D eigenvalue weighted by atomic mass is 10.3. The molecule has 1 aromatic rings. The highest BCUT2D eigenvalue weighted by atomic mass is 32.2. The van der Waals surface area contributed by atoms with Crippen molar-refractivity contribution >= 4 is 34.3 Å². The van der Waals surface area contributed by atoms with Crippen LogP contribution in [0.2, 0.25) is 0 Å². The van der Waals surface area contributed by atoms with E-state index in [4.69, 9.17) is 21.7 Å². The number of carboxylic acid groups (broad SMARTS) is 1. The van der Waals surface area contributed by atoms with Gasteiger partial charge in [0.25, 0.3) is 0 Å². The molecular formula is C12H16N2O3S2. The standard InChI is InChI=1S/C12H16N2O3S2/c15-11(16)4-1-5-13-8-14(12(18)19-9-13)7-10-3-2-6-17-10/h2-3,6H,1,4-5,7-9H2,(H,15,16). The van der Waals surface area contributed by atoms with Crippen molar-refractivity contribution in [2.24, 2.45) is 0 Å². The van der Waals surface area contributed by atoms with E-state index in [-0.39, 0.29) is 6.42 Å². The van der Waals surface area contributed by atoms with E-state index in [1.165, 1.54) is 0 Å². The van der Waals surface area contributed by atoms with Gasteiger partial charge in [0.2, 0.25) is 0 Å². The van der Waals surface area contributed by atoms with Gasteiger partial charge < -0.3 is 14.4 Å². The zero-order valence-corrected chi connectivity index (χ0v) is 12.1. The maximum Gasteiger partial charge on any atom is 0.303 e. The molecule has 104 valence electrons. The summed E-state index contributed by atoms with van der Waals surface area (Å²) in [5, 5.41) is 8.64. The molecule has 1 N–H and O–H groups in total. The summed E-state index contributed by atoms with van der Waals surface area (Å²) < 4.78 is 6.19. The molecule has 0 atom stereocenters. The lowest BCUT2D eigenvalue weighted by molar-refractivity contribution is -0.137. The Labute approximate surface area is 121 Å². The first kappa shape index (κ1) is 14.4. The van der Waals surface area contributed by atoms with Gasteiger partial charge in [0.1, 0.15) is 10.1 Å². The Bertz CT molecular complexity index is 436. The molecule has 0 radical (unpaired) electrons. The lowest BCUT2D eigenvalue weighted by Gasteiger charge is -2.36. The first-order valence-corrected chi connectivity index (χ1v) is 7.43. The van der Waals surface area contributed by atoms with Crippen LogP contribution in [-0.4, -0.2) is 44.3 Å². The van der Waals surface area contributed by atoms with Crippen molar-refractivity contribution in [1.29, 1.82) is 0 Å². The Morgan fingerprint density at radius 1 is 1.58 bits per heavy atom. The number of hydrogen-bond donors (Lipinski definition) is 1. The summed E-state index contributed by atoms with van der Waals surface area (Å²) in [6.07, 6.45) is 2.53. The number of hydrogen-bond acceptors (Lipinski definition) is 5. The Kier molecular flexibility index (Phi) is 5.24. The van der Waals surface area contributed by atoms with Crippen molar-refractivity contribution < 1.29 is 14.3 Å². The van der Waals surface area contributed by atoms with Crippen LogP contribution in [0.25, 0.3) is 0 Å². The third-order valence-corrected chi connectivity index (χ3v) is 4.40. The summed E-state index contributed by atoms with van der Waals surface area (Å²) in [5.74, 6) is 0.968. The normalized spacial score (nSPS) is 16.8. The van der Waals surface area contributed by atoms with Crippen molar-refractivity contribution in [1.82, 2.24) is 9.80 Å². The molecule has 0 aliphatic carbocycles. The van der Waals surface area contributed by atoms with E-state index in [0.717, 1.165) is 29.2 Å². The van der Waals surface area contributed by atoms with Crippen molar-refractivity contribution in [3.05, 3.63) is 24.2 Å². The number of carboxylic acids is 1. The zero-order chi connectivity index (χ0) is 13.7. The second-order valence-electron chi connectivity index (χ2n) is 4.35. The molecule has 0 aromatic carbocycles. The fraction of sp³-hybridized carbons (Fsp3) is 0.500. The minimum absolute atomic E-state index is 0.212. The Morgan fingerprint density at radius 2 is 2.42 bits per heavy atom. The number of thiocarbonyl (C=S) groups is 1. The quantitative estimate of drug-likeness (QED) is 0.808. The Balaban J connectivity index is 1.82. The fourth-order valence-electron chi connectivity index (χ4n) is 1.87. The predicted octanol–water partition coefficient (Wildman–Crippen LogP) is 2.20. The number of furan rings is 1. The molecule has 0 unspecified atom stereocenters. The molecular weight excluding hydrogens is 284 g/mol. The highest BCUT2D eigenvalue weighted by Crippen LogP contribution is 2.21. The van der Waals surface area contributed by atoms with E-state index >= 15 is 0 Å². The Hall–Kier alpha value is -1.05. The summed E-state index contributed by atoms with van der Waals surface area (Å²) in [7, 11) is 0. The van der Waals surface area contributed by atoms with Crippen LogP contribution in [0.3, 0.4) is 0 Å². The number of thioether (sulfide) groups is 1. The molecule has 1 aliphatic heterocycles. The largest absolute Gasteiger partial charge is 0.481 e. The molecule has 1 saturated heterocycles. The predicted molar refractivity (Wildman–Crippen MR) is 77.7 cm³/mol. The maximum absolute atomic E-state index is 10.5. The molecule has 19 heavy (non-hydrogen) atoms. The number of nitrogens with zero attached hydrogens (tertiary/aromatic N) is 2. The molecule has 1 fully saturated rings. The smallest absolute Gasteiger partial charge is 0.303 e. The SMILES string of the molecule is O=C(O)CCCN1CSC(=S)N(Cc2ccco2)C1. The fourth-order valence-corrected chi connectivity index (χ4v) is 2.96. The van der Waals surface area contributed by atoms with Crippen LogP contribution >= 0.6 is 24.0 Å². The minimum Gasteiger partial charge on any atom is -0.481 e. The third kappa shape index (κ3) is 4.52. The summed E-state index contributed by atoms with van der Waals surface area (Å²) in [6, 6.07) is 3.79. The van der Waals surface area contributed by atoms with Crippen molar-refractivity contribution in [2.75, 3.05) is 19.1 Å². The van der Waals surface area contributed by atoms with E-state index in [1.807, 2.05) is 12.1 Å². The van der Waals surface area contributed by atoms with Gasteiger partial charge in [0.05, 0.1) is 25.4 Å². The first-order chi connectivity index (χ1) is 9.15. The van der Waals surface area contributed by atoms with Gasteiger partial charge in [0, 0.05) is 13.0 Å². The van der Waals surface area contributed by atoms with E-state index < -0.39 is 5.97 Å². The van der Waals surface area contributed by atoms with Crippen LogP contribution in [0.1, 0.15) is 18.6 Å². The van der Waals surface area contributed by atoms with E-state index in [9.17, 15) is 4.79 Å². The number of aliphatic carboxylic acids is 1. The molecule has 1 aromatic heterocycles. The Morgan fingerprint density at radius 3 is 3.11 bits per heavy atom. The average molecular weight is 300 g/mol. The van der Waals surface area contributed by atoms with Gasteiger partial charge in [-0.2, -0.15) is 0 Å². The summed E-state index contributed by atoms with van der Waals surface area (Å²) in [6.45, 7) is 2.16. The molecule has 2 heterocycles. The van der Waals surface area contributed by atoms with E-state index in [0.29, 0.717) is 13.0 Å². The summed E-state index contributed by atoms with van der Waals surface area (Å²) in [5.41, 5.74) is 0. The number of carbonyl (C=O) groups is 1. The molecule has 5 nitrogen and oxygen atoms in total. The molecule has 7 heteroatoms. The van der Waals surface area contributed by atoms with Crippen molar-refractivity contribution in [2.45, 2.75) is 19.4 Å². The van der Waals surface area contributed by atoms with Crippen LogP contribution in [0, 0.1) is 0 Å². The van der Waals surface area contributed by atoms with Crippen LogP contribution in [0.4, 0.5) is 0 Å². The topological polar surface area (TPSA) is 56.9 Å². The minimum atomic E-state index is -0.743. The van der Waals surface area contributed by atoms with E-state index in [2.05, 4.69) is 9.80 Å². The van der Waals surface area contributed by atoms with E-state index in [1.54, 1.807) is 18.0 Å². The maximum atomic E-state index is 10.5. The number of rotatable bonds is 6. The summed E-state index contributed by atoms with van der Waals surface area (Å²) in [4.78, 5) is 14.8. The van der Waals surface area contributed by atoms with Gasteiger partial charge >= 0.3 is 5.97 Å². The van der Waals surface area contributed by atoms with Gasteiger partial charge in [-0.1, -0.05) is 24.0 Å².